The summed E-state index contributed by atoms with van der Waals surface area (Å²) in [7, 11) is 0. The summed E-state index contributed by atoms with van der Waals surface area (Å²) < 4.78 is 1.89. The van der Waals surface area contributed by atoms with E-state index < -0.39 is 0 Å². The smallest absolute Gasteiger partial charge is 0.262 e. The lowest BCUT2D eigenvalue weighted by Crippen LogP contribution is -2.29. The molecule has 0 spiro atoms. The zero-order valence-electron chi connectivity index (χ0n) is 19.1. The van der Waals surface area contributed by atoms with Crippen molar-refractivity contribution in [3.8, 4) is 0 Å². The molecule has 0 aliphatic heterocycles. The van der Waals surface area contributed by atoms with Gasteiger partial charge in [0.2, 0.25) is 0 Å². The quantitative estimate of drug-likeness (QED) is 0.240. The molecule has 35 heavy (non-hydrogen) atoms. The fourth-order valence-electron chi connectivity index (χ4n) is 4.48. The van der Waals surface area contributed by atoms with Crippen molar-refractivity contribution in [1.82, 2.24) is 14.5 Å². The van der Waals surface area contributed by atoms with Gasteiger partial charge in [0.05, 0.1) is 10.9 Å². The molecule has 8 heteroatoms. The van der Waals surface area contributed by atoms with Crippen molar-refractivity contribution in [3.63, 3.8) is 0 Å². The highest BCUT2D eigenvalue weighted by molar-refractivity contribution is 7.98. The predicted molar refractivity (Wildman–Crippen MR) is 141 cm³/mol. The van der Waals surface area contributed by atoms with E-state index in [4.69, 9.17) is 16.6 Å². The predicted octanol–water partition coefficient (Wildman–Crippen LogP) is 6.49. The zero-order valence-corrected chi connectivity index (χ0v) is 20.7. The molecule has 4 aromatic rings. The number of amides is 1. The van der Waals surface area contributed by atoms with Crippen LogP contribution in [-0.2, 0) is 5.75 Å². The highest BCUT2D eigenvalue weighted by Gasteiger charge is 2.22. The summed E-state index contributed by atoms with van der Waals surface area (Å²) in [6.45, 7) is 0. The third-order valence-electron chi connectivity index (χ3n) is 6.27. The van der Waals surface area contributed by atoms with Gasteiger partial charge in [-0.1, -0.05) is 48.7 Å². The highest BCUT2D eigenvalue weighted by atomic mass is 35.5. The highest BCUT2D eigenvalue weighted by Crippen LogP contribution is 2.32. The number of thioether (sulfide) groups is 1. The molecule has 0 saturated heterocycles. The monoisotopic (exact) mass is 504 g/mol. The molecular formula is C27H25ClN4O2S. The van der Waals surface area contributed by atoms with Gasteiger partial charge >= 0.3 is 0 Å². The normalized spacial score (nSPS) is 14.2. The zero-order chi connectivity index (χ0) is 24.2. The van der Waals surface area contributed by atoms with E-state index >= 15 is 0 Å². The number of benzene rings is 2. The van der Waals surface area contributed by atoms with Crippen LogP contribution in [0.2, 0.25) is 5.02 Å². The summed E-state index contributed by atoms with van der Waals surface area (Å²) >= 11 is 7.59. The van der Waals surface area contributed by atoms with E-state index in [0.29, 0.717) is 38.1 Å². The van der Waals surface area contributed by atoms with Crippen molar-refractivity contribution in [2.24, 2.45) is 0 Å². The van der Waals surface area contributed by atoms with E-state index in [0.717, 1.165) is 31.2 Å². The molecule has 1 amide bonds. The maximum absolute atomic E-state index is 13.7. The molecule has 0 unspecified atom stereocenters. The van der Waals surface area contributed by atoms with Crippen LogP contribution in [-0.4, -0.2) is 20.4 Å². The molecule has 178 valence electrons. The first-order valence-corrected chi connectivity index (χ1v) is 13.1. The average Bonchev–Trinajstić information content (AvgIpc) is 2.88. The number of anilines is 1. The Bertz CT molecular complexity index is 1420. The standard InChI is InChI=1S/C27H25ClN4O2S/c28-20-5-4-6-21(16-20)30-25(33)19-9-10-23-24(15-19)31-27(35-17-18-11-13-29-14-12-18)32(26(23)34)22-7-2-1-3-8-22/h4-6,9-16,22H,1-3,7-8,17H2,(H,30,33). The summed E-state index contributed by atoms with van der Waals surface area (Å²) in [5.74, 6) is 0.403. The van der Waals surface area contributed by atoms with Crippen LogP contribution in [0.5, 0.6) is 0 Å². The van der Waals surface area contributed by atoms with Gasteiger partial charge in [0.1, 0.15) is 0 Å². The molecule has 1 fully saturated rings. The van der Waals surface area contributed by atoms with Crippen LogP contribution >= 0.6 is 23.4 Å². The number of halogens is 1. The van der Waals surface area contributed by atoms with Crippen molar-refractivity contribution in [2.45, 2.75) is 49.1 Å². The van der Waals surface area contributed by atoms with Crippen LogP contribution in [0.15, 0.2) is 76.9 Å². The van der Waals surface area contributed by atoms with E-state index in [1.165, 1.54) is 6.42 Å². The number of carbonyl (C=O) groups excluding carboxylic acids is 1. The number of carbonyl (C=O) groups is 1. The Labute approximate surface area is 212 Å². The number of hydrogen-bond acceptors (Lipinski definition) is 5. The number of pyridine rings is 1. The van der Waals surface area contributed by atoms with Crippen LogP contribution in [0.1, 0.15) is 54.1 Å². The van der Waals surface area contributed by atoms with Crippen LogP contribution in [0, 0.1) is 0 Å². The van der Waals surface area contributed by atoms with Crippen LogP contribution in [0.4, 0.5) is 5.69 Å². The Morgan fingerprint density at radius 3 is 2.63 bits per heavy atom. The number of rotatable bonds is 6. The Balaban J connectivity index is 1.51. The summed E-state index contributed by atoms with van der Waals surface area (Å²) in [4.78, 5) is 35.5. The fourth-order valence-corrected chi connectivity index (χ4v) is 5.69. The Hall–Kier alpha value is -3.16. The molecule has 2 heterocycles. The molecule has 0 atom stereocenters. The van der Waals surface area contributed by atoms with Crippen molar-refractivity contribution in [3.05, 3.63) is 93.5 Å². The van der Waals surface area contributed by atoms with Crippen molar-refractivity contribution in [2.75, 3.05) is 5.32 Å². The van der Waals surface area contributed by atoms with Gasteiger partial charge < -0.3 is 5.32 Å². The number of nitrogens with one attached hydrogen (secondary N) is 1. The number of hydrogen-bond donors (Lipinski definition) is 1. The molecule has 1 saturated carbocycles. The molecule has 1 N–H and O–H groups in total. The SMILES string of the molecule is O=C(Nc1cccc(Cl)c1)c1ccc2c(=O)n(C3CCCCC3)c(SCc3ccncc3)nc2c1. The minimum absolute atomic E-state index is 0.0408. The first-order chi connectivity index (χ1) is 17.1. The second kappa shape index (κ2) is 10.6. The van der Waals surface area contributed by atoms with E-state index in [2.05, 4.69) is 10.3 Å². The Morgan fingerprint density at radius 1 is 1.06 bits per heavy atom. The van der Waals surface area contributed by atoms with Gasteiger partial charge in [-0.05, 0) is 66.9 Å². The molecule has 2 aromatic heterocycles. The molecular weight excluding hydrogens is 480 g/mol. The molecule has 1 aliphatic rings. The molecule has 2 aromatic carbocycles. The second-order valence-corrected chi connectivity index (χ2v) is 10.1. The van der Waals surface area contributed by atoms with Crippen LogP contribution in [0.25, 0.3) is 10.9 Å². The largest absolute Gasteiger partial charge is 0.322 e. The maximum Gasteiger partial charge on any atom is 0.262 e. The van der Waals surface area contributed by atoms with E-state index in [1.54, 1.807) is 66.6 Å². The first-order valence-electron chi connectivity index (χ1n) is 11.7. The third kappa shape index (κ3) is 5.41. The van der Waals surface area contributed by atoms with Gasteiger partial charge in [0, 0.05) is 40.5 Å². The van der Waals surface area contributed by atoms with Crippen LogP contribution < -0.4 is 10.9 Å². The summed E-state index contributed by atoms with van der Waals surface area (Å²) in [6, 6.07) is 16.2. The fraction of sp³-hybridized carbons (Fsp3) is 0.259. The van der Waals surface area contributed by atoms with E-state index in [-0.39, 0.29) is 17.5 Å². The number of nitrogens with zero attached hydrogens (tertiary/aromatic N) is 3. The maximum atomic E-state index is 13.7. The van der Waals surface area contributed by atoms with Gasteiger partial charge in [-0.15, -0.1) is 0 Å². The topological polar surface area (TPSA) is 76.9 Å². The third-order valence-corrected chi connectivity index (χ3v) is 7.53. The Morgan fingerprint density at radius 2 is 1.86 bits per heavy atom. The summed E-state index contributed by atoms with van der Waals surface area (Å²) in [6.07, 6.45) is 8.94. The van der Waals surface area contributed by atoms with Crippen molar-refractivity contribution in [1.29, 1.82) is 0 Å². The lowest BCUT2D eigenvalue weighted by Gasteiger charge is -2.26. The second-order valence-electron chi connectivity index (χ2n) is 8.70. The van der Waals surface area contributed by atoms with Crippen LogP contribution in [0.3, 0.4) is 0 Å². The number of fused-ring (bicyclic) bond motifs is 1. The van der Waals surface area contributed by atoms with E-state index in [1.807, 2.05) is 16.7 Å². The minimum atomic E-state index is -0.279. The van der Waals surface area contributed by atoms with Gasteiger partial charge in [-0.25, -0.2) is 4.98 Å². The lowest BCUT2D eigenvalue weighted by atomic mass is 9.95. The first kappa shape index (κ1) is 23.6. The molecule has 1 aliphatic carbocycles. The summed E-state index contributed by atoms with van der Waals surface area (Å²) in [5.41, 5.74) is 2.64. The van der Waals surface area contributed by atoms with Gasteiger partial charge in [0.15, 0.2) is 5.16 Å². The Kier molecular flexibility index (Phi) is 7.16. The van der Waals surface area contributed by atoms with Gasteiger partial charge in [0.25, 0.3) is 11.5 Å². The molecule has 0 bridgehead atoms. The lowest BCUT2D eigenvalue weighted by molar-refractivity contribution is 0.102. The summed E-state index contributed by atoms with van der Waals surface area (Å²) in [5, 5.41) is 4.62. The van der Waals surface area contributed by atoms with Crippen molar-refractivity contribution >= 4 is 45.9 Å². The molecule has 0 radical (unpaired) electrons. The molecule has 5 rings (SSSR count). The number of aromatic nitrogens is 3. The van der Waals surface area contributed by atoms with Gasteiger partial charge in [-0.3, -0.25) is 19.1 Å². The average molecular weight is 505 g/mol. The van der Waals surface area contributed by atoms with Crippen molar-refractivity contribution < 1.29 is 4.79 Å². The van der Waals surface area contributed by atoms with E-state index in [9.17, 15) is 9.59 Å². The minimum Gasteiger partial charge on any atom is -0.322 e. The van der Waals surface area contributed by atoms with Gasteiger partial charge in [-0.2, -0.15) is 0 Å². The molecule has 6 nitrogen and oxygen atoms in total.